The molecule has 2 aromatic carbocycles. The molecule has 122 valence electrons. The van der Waals surface area contributed by atoms with E-state index in [9.17, 15) is 4.79 Å². The number of ether oxygens (including phenoxy) is 2. The molecule has 3 aromatic rings. The van der Waals surface area contributed by atoms with Crippen molar-refractivity contribution in [1.82, 2.24) is 0 Å². The van der Waals surface area contributed by atoms with Crippen LogP contribution in [0.15, 0.2) is 71.3 Å². The van der Waals surface area contributed by atoms with Crippen LogP contribution in [0, 0.1) is 0 Å². The van der Waals surface area contributed by atoms with E-state index in [2.05, 4.69) is 5.32 Å². The lowest BCUT2D eigenvalue weighted by Gasteiger charge is -2.09. The number of carbonyl (C=O) groups excluding carboxylic acids is 1. The topological polar surface area (TPSA) is 60.7 Å². The molecule has 0 aliphatic rings. The third-order valence-corrected chi connectivity index (χ3v) is 3.40. The Morgan fingerprint density at radius 1 is 1.04 bits per heavy atom. The molecule has 3 rings (SSSR count). The number of hydrogen-bond acceptors (Lipinski definition) is 4. The molecule has 0 aliphatic carbocycles. The zero-order valence-corrected chi connectivity index (χ0v) is 13.2. The normalized spacial score (nSPS) is 10.2. The number of furan rings is 1. The van der Waals surface area contributed by atoms with Crippen LogP contribution in [-0.4, -0.2) is 13.0 Å². The largest absolute Gasteiger partial charge is 0.497 e. The first-order chi connectivity index (χ1) is 11.7. The van der Waals surface area contributed by atoms with Gasteiger partial charge >= 0.3 is 0 Å². The Balaban J connectivity index is 1.57. The van der Waals surface area contributed by atoms with Gasteiger partial charge in [-0.25, -0.2) is 0 Å². The fourth-order valence-electron chi connectivity index (χ4n) is 2.16. The summed E-state index contributed by atoms with van der Waals surface area (Å²) in [6.07, 6.45) is 1.46. The number of carbonyl (C=O) groups is 1. The smallest absolute Gasteiger partial charge is 0.291 e. The Morgan fingerprint density at radius 2 is 1.88 bits per heavy atom. The summed E-state index contributed by atoms with van der Waals surface area (Å²) < 4.78 is 16.0. The van der Waals surface area contributed by atoms with E-state index in [1.165, 1.54) is 6.26 Å². The minimum absolute atomic E-state index is 0.272. The Morgan fingerprint density at radius 3 is 2.58 bits per heavy atom. The van der Waals surface area contributed by atoms with Crippen molar-refractivity contribution in [3.63, 3.8) is 0 Å². The van der Waals surface area contributed by atoms with Crippen LogP contribution in [0.2, 0.25) is 0 Å². The second-order valence-corrected chi connectivity index (χ2v) is 5.10. The Kier molecular flexibility index (Phi) is 4.81. The number of rotatable bonds is 6. The van der Waals surface area contributed by atoms with Crippen LogP contribution in [0.5, 0.6) is 11.5 Å². The van der Waals surface area contributed by atoms with Gasteiger partial charge in [0.1, 0.15) is 18.1 Å². The van der Waals surface area contributed by atoms with Gasteiger partial charge in [0.2, 0.25) is 0 Å². The molecule has 1 aromatic heterocycles. The number of anilines is 1. The lowest BCUT2D eigenvalue weighted by Crippen LogP contribution is -2.10. The van der Waals surface area contributed by atoms with Crippen molar-refractivity contribution in [1.29, 1.82) is 0 Å². The van der Waals surface area contributed by atoms with Gasteiger partial charge < -0.3 is 19.2 Å². The summed E-state index contributed by atoms with van der Waals surface area (Å²) in [6, 6.07) is 18.2. The minimum Gasteiger partial charge on any atom is -0.497 e. The molecule has 0 spiro atoms. The quantitative estimate of drug-likeness (QED) is 0.741. The molecule has 1 N–H and O–H groups in total. The Hall–Kier alpha value is -3.21. The van der Waals surface area contributed by atoms with E-state index in [1.807, 2.05) is 24.3 Å². The second-order valence-electron chi connectivity index (χ2n) is 5.10. The maximum absolute atomic E-state index is 11.9. The van der Waals surface area contributed by atoms with Crippen molar-refractivity contribution in [2.45, 2.75) is 6.61 Å². The van der Waals surface area contributed by atoms with Gasteiger partial charge in [0.25, 0.3) is 5.91 Å². The van der Waals surface area contributed by atoms with Crippen molar-refractivity contribution in [3.8, 4) is 11.5 Å². The fraction of sp³-hybridized carbons (Fsp3) is 0.105. The van der Waals surface area contributed by atoms with E-state index < -0.39 is 0 Å². The maximum Gasteiger partial charge on any atom is 0.291 e. The van der Waals surface area contributed by atoms with Gasteiger partial charge in [0.15, 0.2) is 5.76 Å². The van der Waals surface area contributed by atoms with E-state index in [0.717, 1.165) is 11.3 Å². The fourth-order valence-corrected chi connectivity index (χ4v) is 2.16. The molecule has 5 nitrogen and oxygen atoms in total. The van der Waals surface area contributed by atoms with Crippen LogP contribution < -0.4 is 14.8 Å². The van der Waals surface area contributed by atoms with Crippen molar-refractivity contribution >= 4 is 11.6 Å². The summed E-state index contributed by atoms with van der Waals surface area (Å²) >= 11 is 0. The number of hydrogen-bond donors (Lipinski definition) is 1. The maximum atomic E-state index is 11.9. The van der Waals surface area contributed by atoms with Gasteiger partial charge in [0, 0.05) is 5.69 Å². The van der Waals surface area contributed by atoms with Crippen molar-refractivity contribution in [3.05, 3.63) is 78.3 Å². The van der Waals surface area contributed by atoms with Gasteiger partial charge in [-0.2, -0.15) is 0 Å². The highest BCUT2D eigenvalue weighted by Crippen LogP contribution is 2.19. The summed E-state index contributed by atoms with van der Waals surface area (Å²) in [6.45, 7) is 0.440. The van der Waals surface area contributed by atoms with E-state index in [-0.39, 0.29) is 11.7 Å². The summed E-state index contributed by atoms with van der Waals surface area (Å²) in [7, 11) is 1.63. The summed E-state index contributed by atoms with van der Waals surface area (Å²) in [4.78, 5) is 11.9. The minimum atomic E-state index is -0.287. The summed E-state index contributed by atoms with van der Waals surface area (Å²) in [5.74, 6) is 1.50. The van der Waals surface area contributed by atoms with Crippen LogP contribution in [0.3, 0.4) is 0 Å². The van der Waals surface area contributed by atoms with Gasteiger partial charge in [-0.15, -0.1) is 0 Å². The first kappa shape index (κ1) is 15.7. The van der Waals surface area contributed by atoms with Crippen molar-refractivity contribution in [2.75, 3.05) is 12.4 Å². The predicted octanol–water partition coefficient (Wildman–Crippen LogP) is 4.12. The van der Waals surface area contributed by atoms with Crippen LogP contribution in [0.25, 0.3) is 0 Å². The van der Waals surface area contributed by atoms with E-state index in [0.29, 0.717) is 18.0 Å². The first-order valence-electron chi connectivity index (χ1n) is 7.45. The molecule has 0 unspecified atom stereocenters. The third kappa shape index (κ3) is 3.95. The zero-order valence-electron chi connectivity index (χ0n) is 13.2. The standard InChI is InChI=1S/C19H17NO4/c1-22-17-5-2-4-14(12-17)13-24-16-9-7-15(8-10-16)20-19(21)18-6-3-11-23-18/h2-12H,13H2,1H3,(H,20,21). The number of nitrogens with one attached hydrogen (secondary N) is 1. The average Bonchev–Trinajstić information content (AvgIpc) is 3.16. The lowest BCUT2D eigenvalue weighted by molar-refractivity contribution is 0.0996. The van der Waals surface area contributed by atoms with Crippen LogP contribution in [0.1, 0.15) is 16.1 Å². The molecular formula is C19H17NO4. The molecule has 24 heavy (non-hydrogen) atoms. The van der Waals surface area contributed by atoms with Crippen molar-refractivity contribution < 1.29 is 18.7 Å². The molecule has 0 bridgehead atoms. The summed E-state index contributed by atoms with van der Waals surface area (Å²) in [5.41, 5.74) is 1.69. The first-order valence-corrected chi connectivity index (χ1v) is 7.45. The number of benzene rings is 2. The molecule has 0 saturated carbocycles. The van der Waals surface area contributed by atoms with Crippen LogP contribution in [-0.2, 0) is 6.61 Å². The highest BCUT2D eigenvalue weighted by Gasteiger charge is 2.08. The Bertz CT molecular complexity index is 794. The molecule has 1 heterocycles. The Labute approximate surface area is 139 Å². The molecule has 0 aliphatic heterocycles. The molecule has 0 saturated heterocycles. The highest BCUT2D eigenvalue weighted by atomic mass is 16.5. The number of amides is 1. The third-order valence-electron chi connectivity index (χ3n) is 3.40. The predicted molar refractivity (Wildman–Crippen MR) is 90.4 cm³/mol. The average molecular weight is 323 g/mol. The molecule has 0 radical (unpaired) electrons. The van der Waals surface area contributed by atoms with Crippen molar-refractivity contribution in [2.24, 2.45) is 0 Å². The van der Waals surface area contributed by atoms with E-state index >= 15 is 0 Å². The molecule has 5 heteroatoms. The molecule has 0 fully saturated rings. The van der Waals surface area contributed by atoms with E-state index in [1.54, 1.807) is 43.5 Å². The van der Waals surface area contributed by atoms with Crippen LogP contribution >= 0.6 is 0 Å². The SMILES string of the molecule is COc1cccc(COc2ccc(NC(=O)c3ccco3)cc2)c1. The lowest BCUT2D eigenvalue weighted by atomic mass is 10.2. The van der Waals surface area contributed by atoms with Gasteiger partial charge in [0.05, 0.1) is 13.4 Å². The van der Waals surface area contributed by atoms with Crippen LogP contribution in [0.4, 0.5) is 5.69 Å². The monoisotopic (exact) mass is 323 g/mol. The summed E-state index contributed by atoms with van der Waals surface area (Å²) in [5, 5.41) is 2.76. The second kappa shape index (κ2) is 7.37. The van der Waals surface area contributed by atoms with E-state index in [4.69, 9.17) is 13.9 Å². The van der Waals surface area contributed by atoms with Gasteiger partial charge in [-0.05, 0) is 54.1 Å². The van der Waals surface area contributed by atoms with Gasteiger partial charge in [-0.1, -0.05) is 12.1 Å². The molecular weight excluding hydrogens is 306 g/mol. The highest BCUT2D eigenvalue weighted by molar-refractivity contribution is 6.02. The molecule has 1 amide bonds. The van der Waals surface area contributed by atoms with Gasteiger partial charge in [-0.3, -0.25) is 4.79 Å². The zero-order chi connectivity index (χ0) is 16.8. The molecule has 0 atom stereocenters. The number of methoxy groups -OCH3 is 1.